The van der Waals surface area contributed by atoms with Crippen LogP contribution < -0.4 is 9.62 Å². The second-order valence-corrected chi connectivity index (χ2v) is 9.36. The molecule has 1 unspecified atom stereocenters. The largest absolute Gasteiger partial charge is 0.354 e. The van der Waals surface area contributed by atoms with E-state index in [-0.39, 0.29) is 23.4 Å². The molecule has 1 atom stereocenters. The smallest absolute Gasteiger partial charge is 0.240 e. The van der Waals surface area contributed by atoms with E-state index < -0.39 is 10.0 Å². The Hall–Kier alpha value is -1.76. The third-order valence-corrected chi connectivity index (χ3v) is 6.29. The van der Waals surface area contributed by atoms with Crippen LogP contribution in [0.3, 0.4) is 0 Å². The second-order valence-electron chi connectivity index (χ2n) is 6.64. The van der Waals surface area contributed by atoms with Crippen LogP contribution in [0.5, 0.6) is 0 Å². The zero-order chi connectivity index (χ0) is 20.7. The maximum atomic E-state index is 12.4. The first kappa shape index (κ1) is 22.5. The van der Waals surface area contributed by atoms with Crippen molar-refractivity contribution in [3.8, 4) is 0 Å². The summed E-state index contributed by atoms with van der Waals surface area (Å²) in [5.74, 6) is -0.106. The van der Waals surface area contributed by atoms with Crippen molar-refractivity contribution in [1.29, 1.82) is 0 Å². The van der Waals surface area contributed by atoms with Crippen molar-refractivity contribution in [3.05, 3.63) is 64.1 Å². The fourth-order valence-electron chi connectivity index (χ4n) is 2.79. The lowest BCUT2D eigenvalue weighted by molar-refractivity contribution is -0.119. The molecule has 8 heteroatoms. The van der Waals surface area contributed by atoms with Gasteiger partial charge in [-0.1, -0.05) is 66.9 Å². The molecule has 0 saturated heterocycles. The van der Waals surface area contributed by atoms with Crippen molar-refractivity contribution in [2.24, 2.45) is 5.92 Å². The van der Waals surface area contributed by atoms with Gasteiger partial charge in [0.05, 0.1) is 22.0 Å². The molecule has 0 aliphatic carbocycles. The van der Waals surface area contributed by atoms with Crippen LogP contribution >= 0.6 is 23.2 Å². The van der Waals surface area contributed by atoms with Crippen molar-refractivity contribution < 1.29 is 13.2 Å². The van der Waals surface area contributed by atoms with Crippen LogP contribution in [0.25, 0.3) is 0 Å². The number of carbonyl (C=O) groups is 1. The predicted molar refractivity (Wildman–Crippen MR) is 116 cm³/mol. The standard InChI is InChI=1S/C20H24Cl2N2O3S/c1-3-15(11-16-7-5-4-6-8-16)13-23-20(25)14-24(28(2,26)27)17-9-10-18(21)19(22)12-17/h4-10,12,15H,3,11,13-14H2,1-2H3,(H,23,25). The normalized spacial score (nSPS) is 12.4. The molecule has 0 spiro atoms. The summed E-state index contributed by atoms with van der Waals surface area (Å²) in [7, 11) is -3.66. The first-order chi connectivity index (χ1) is 13.2. The molecule has 28 heavy (non-hydrogen) atoms. The molecule has 1 amide bonds. The van der Waals surface area contributed by atoms with E-state index >= 15 is 0 Å². The van der Waals surface area contributed by atoms with Crippen LogP contribution in [-0.2, 0) is 21.2 Å². The number of hydrogen-bond acceptors (Lipinski definition) is 3. The summed E-state index contributed by atoms with van der Waals surface area (Å²) in [6, 6.07) is 14.5. The van der Waals surface area contributed by atoms with Crippen LogP contribution in [-0.4, -0.2) is 33.7 Å². The molecule has 0 radical (unpaired) electrons. The molecular formula is C20H24Cl2N2O3S. The minimum absolute atomic E-state index is 0.224. The Morgan fingerprint density at radius 2 is 1.79 bits per heavy atom. The molecule has 0 heterocycles. The lowest BCUT2D eigenvalue weighted by atomic mass is 9.97. The Balaban J connectivity index is 2.02. The Labute approximate surface area is 176 Å². The average Bonchev–Trinajstić information content (AvgIpc) is 2.65. The summed E-state index contributed by atoms with van der Waals surface area (Å²) >= 11 is 11.9. The van der Waals surface area contributed by atoms with Crippen LogP contribution in [0.2, 0.25) is 10.0 Å². The van der Waals surface area contributed by atoms with Crippen molar-refractivity contribution in [1.82, 2.24) is 5.32 Å². The van der Waals surface area contributed by atoms with Crippen molar-refractivity contribution in [2.45, 2.75) is 19.8 Å². The summed E-state index contributed by atoms with van der Waals surface area (Å²) in [6.07, 6.45) is 2.80. The van der Waals surface area contributed by atoms with Gasteiger partial charge in [-0.05, 0) is 36.1 Å². The number of nitrogens with one attached hydrogen (secondary N) is 1. The van der Waals surface area contributed by atoms with Gasteiger partial charge < -0.3 is 5.32 Å². The van der Waals surface area contributed by atoms with Gasteiger partial charge in [0.25, 0.3) is 0 Å². The molecule has 0 saturated carbocycles. The molecule has 0 aliphatic heterocycles. The fraction of sp³-hybridized carbons (Fsp3) is 0.350. The summed E-state index contributed by atoms with van der Waals surface area (Å²) in [4.78, 5) is 12.4. The number of sulfonamides is 1. The Kier molecular flexibility index (Phi) is 8.16. The third kappa shape index (κ3) is 6.69. The van der Waals surface area contributed by atoms with Crippen molar-refractivity contribution >= 4 is 44.8 Å². The van der Waals surface area contributed by atoms with E-state index in [0.29, 0.717) is 17.3 Å². The van der Waals surface area contributed by atoms with Crippen LogP contribution in [0.4, 0.5) is 5.69 Å². The highest BCUT2D eigenvalue weighted by molar-refractivity contribution is 7.92. The molecule has 0 aliphatic rings. The third-order valence-electron chi connectivity index (χ3n) is 4.41. The summed E-state index contributed by atoms with van der Waals surface area (Å²) < 4.78 is 25.4. The van der Waals surface area contributed by atoms with Crippen LogP contribution in [0.1, 0.15) is 18.9 Å². The Bertz CT molecular complexity index is 905. The zero-order valence-electron chi connectivity index (χ0n) is 15.9. The van der Waals surface area contributed by atoms with E-state index in [4.69, 9.17) is 23.2 Å². The zero-order valence-corrected chi connectivity index (χ0v) is 18.2. The van der Waals surface area contributed by atoms with Gasteiger partial charge in [-0.25, -0.2) is 8.42 Å². The summed E-state index contributed by atoms with van der Waals surface area (Å²) in [5.41, 5.74) is 1.50. The van der Waals surface area contributed by atoms with Crippen LogP contribution in [0.15, 0.2) is 48.5 Å². The van der Waals surface area contributed by atoms with Gasteiger partial charge in [-0.15, -0.1) is 0 Å². The van der Waals surface area contributed by atoms with Gasteiger partial charge in [0.2, 0.25) is 15.9 Å². The summed E-state index contributed by atoms with van der Waals surface area (Å²) in [5, 5.41) is 3.39. The molecule has 0 aromatic heterocycles. The maximum Gasteiger partial charge on any atom is 0.240 e. The minimum Gasteiger partial charge on any atom is -0.354 e. The Morgan fingerprint density at radius 3 is 2.36 bits per heavy atom. The number of nitrogens with zero attached hydrogens (tertiary/aromatic N) is 1. The second kappa shape index (κ2) is 10.1. The quantitative estimate of drug-likeness (QED) is 0.634. The van der Waals surface area contributed by atoms with Crippen LogP contribution in [0, 0.1) is 5.92 Å². The van der Waals surface area contributed by atoms with Gasteiger partial charge in [0, 0.05) is 6.54 Å². The Morgan fingerprint density at radius 1 is 1.11 bits per heavy atom. The fourth-order valence-corrected chi connectivity index (χ4v) is 3.93. The van der Waals surface area contributed by atoms with E-state index in [2.05, 4.69) is 24.4 Å². The van der Waals surface area contributed by atoms with E-state index in [9.17, 15) is 13.2 Å². The first-order valence-electron chi connectivity index (χ1n) is 8.94. The van der Waals surface area contributed by atoms with E-state index in [1.54, 1.807) is 0 Å². The average molecular weight is 443 g/mol. The molecule has 2 aromatic carbocycles. The van der Waals surface area contributed by atoms with Crippen molar-refractivity contribution in [2.75, 3.05) is 23.7 Å². The first-order valence-corrected chi connectivity index (χ1v) is 11.5. The molecule has 2 rings (SSSR count). The molecule has 152 valence electrons. The molecule has 5 nitrogen and oxygen atoms in total. The SMILES string of the molecule is CCC(CNC(=O)CN(c1ccc(Cl)c(Cl)c1)S(C)(=O)=O)Cc1ccccc1. The highest BCUT2D eigenvalue weighted by Crippen LogP contribution is 2.28. The predicted octanol–water partition coefficient (Wildman–Crippen LogP) is 4.14. The number of benzene rings is 2. The van der Waals surface area contributed by atoms with Gasteiger partial charge in [0.1, 0.15) is 6.54 Å². The monoisotopic (exact) mass is 442 g/mol. The maximum absolute atomic E-state index is 12.4. The molecule has 1 N–H and O–H groups in total. The van der Waals surface area contributed by atoms with E-state index in [1.807, 2.05) is 18.2 Å². The molecule has 2 aromatic rings. The molecule has 0 fully saturated rings. The van der Waals surface area contributed by atoms with Gasteiger partial charge >= 0.3 is 0 Å². The number of hydrogen-bond donors (Lipinski definition) is 1. The highest BCUT2D eigenvalue weighted by atomic mass is 35.5. The lowest BCUT2D eigenvalue weighted by Crippen LogP contribution is -2.41. The van der Waals surface area contributed by atoms with Gasteiger partial charge in [0.15, 0.2) is 0 Å². The minimum atomic E-state index is -3.66. The van der Waals surface area contributed by atoms with Gasteiger partial charge in [-0.2, -0.15) is 0 Å². The number of rotatable bonds is 9. The summed E-state index contributed by atoms with van der Waals surface area (Å²) in [6.45, 7) is 2.22. The van der Waals surface area contributed by atoms with Crippen molar-refractivity contribution in [3.63, 3.8) is 0 Å². The lowest BCUT2D eigenvalue weighted by Gasteiger charge is -2.23. The van der Waals surface area contributed by atoms with E-state index in [0.717, 1.165) is 23.4 Å². The van der Waals surface area contributed by atoms with E-state index in [1.165, 1.54) is 23.8 Å². The number of halogens is 2. The highest BCUT2D eigenvalue weighted by Gasteiger charge is 2.22. The number of carbonyl (C=O) groups excluding carboxylic acids is 1. The topological polar surface area (TPSA) is 66.5 Å². The molecular weight excluding hydrogens is 419 g/mol. The number of amides is 1. The molecule has 0 bridgehead atoms. The van der Waals surface area contributed by atoms with Gasteiger partial charge in [-0.3, -0.25) is 9.10 Å². The number of anilines is 1.